The van der Waals surface area contributed by atoms with Gasteiger partial charge in [-0.25, -0.2) is 0 Å². The maximum atomic E-state index is 12.7. The quantitative estimate of drug-likeness (QED) is 0.633. The Bertz CT molecular complexity index is 799. The number of carbonyl (C=O) groups excluding carboxylic acids is 1. The molecule has 1 aromatic heterocycles. The van der Waals surface area contributed by atoms with Gasteiger partial charge in [-0.15, -0.1) is 0 Å². The first-order valence-corrected chi connectivity index (χ1v) is 10.6. The van der Waals surface area contributed by atoms with Crippen LogP contribution in [0.1, 0.15) is 60.1 Å². The molecule has 29 heavy (non-hydrogen) atoms. The lowest BCUT2D eigenvalue weighted by Gasteiger charge is -2.16. The molecule has 7 nitrogen and oxygen atoms in total. The van der Waals surface area contributed by atoms with Crippen LogP contribution in [0.4, 0.5) is 0 Å². The fraction of sp³-hybridized carbons (Fsp3) is 0.591. The van der Waals surface area contributed by atoms with E-state index in [-0.39, 0.29) is 11.8 Å². The Balaban J connectivity index is 1.25. The molecule has 2 aliphatic rings. The molecule has 1 aliphatic heterocycles. The number of benzene rings is 1. The van der Waals surface area contributed by atoms with Gasteiger partial charge in [-0.2, -0.15) is 4.98 Å². The van der Waals surface area contributed by atoms with E-state index in [4.69, 9.17) is 14.0 Å². The predicted molar refractivity (Wildman–Crippen MR) is 107 cm³/mol. The minimum atomic E-state index is 0.0233. The molecule has 2 fully saturated rings. The van der Waals surface area contributed by atoms with Gasteiger partial charge in [0.2, 0.25) is 5.89 Å². The summed E-state index contributed by atoms with van der Waals surface area (Å²) in [5, 5.41) is 4.09. The summed E-state index contributed by atoms with van der Waals surface area (Å²) >= 11 is 0. The fourth-order valence-electron chi connectivity index (χ4n) is 4.19. The summed E-state index contributed by atoms with van der Waals surface area (Å²) in [5.74, 6) is 2.90. The van der Waals surface area contributed by atoms with Crippen molar-refractivity contribution < 1.29 is 18.8 Å². The minimum Gasteiger partial charge on any atom is -0.497 e. The molecule has 7 heteroatoms. The van der Waals surface area contributed by atoms with E-state index in [1.54, 1.807) is 31.4 Å². The second kappa shape index (κ2) is 9.39. The van der Waals surface area contributed by atoms with Gasteiger partial charge in [0.1, 0.15) is 5.75 Å². The van der Waals surface area contributed by atoms with Crippen LogP contribution in [0.2, 0.25) is 0 Å². The van der Waals surface area contributed by atoms with E-state index in [1.165, 1.54) is 25.7 Å². The molecule has 1 aromatic carbocycles. The number of nitrogens with zero attached hydrogens (tertiary/aromatic N) is 3. The molecule has 2 heterocycles. The zero-order chi connectivity index (χ0) is 20.1. The summed E-state index contributed by atoms with van der Waals surface area (Å²) < 4.78 is 16.4. The van der Waals surface area contributed by atoms with E-state index in [9.17, 15) is 4.79 Å². The van der Waals surface area contributed by atoms with E-state index < -0.39 is 0 Å². The van der Waals surface area contributed by atoms with Crippen molar-refractivity contribution in [2.75, 3.05) is 33.4 Å². The Kier molecular flexibility index (Phi) is 6.44. The third-order valence-electron chi connectivity index (χ3n) is 5.94. The number of aromatic nitrogens is 2. The third kappa shape index (κ3) is 4.96. The van der Waals surface area contributed by atoms with Crippen LogP contribution in [-0.2, 0) is 11.2 Å². The molecule has 1 aliphatic carbocycles. The van der Waals surface area contributed by atoms with Gasteiger partial charge in [-0.3, -0.25) is 4.79 Å². The van der Waals surface area contributed by atoms with Crippen LogP contribution in [0.5, 0.6) is 5.75 Å². The number of ether oxygens (including phenoxy) is 2. The molecule has 4 rings (SSSR count). The summed E-state index contributed by atoms with van der Waals surface area (Å²) in [6.07, 6.45) is 6.75. The van der Waals surface area contributed by atoms with Gasteiger partial charge in [0, 0.05) is 31.7 Å². The Morgan fingerprint density at radius 2 is 2.00 bits per heavy atom. The zero-order valence-electron chi connectivity index (χ0n) is 17.0. The predicted octanol–water partition coefficient (Wildman–Crippen LogP) is 3.46. The number of likely N-dealkylation sites (tertiary alicyclic amines) is 1. The van der Waals surface area contributed by atoms with E-state index in [0.717, 1.165) is 24.7 Å². The van der Waals surface area contributed by atoms with Crippen molar-refractivity contribution in [2.45, 2.75) is 44.4 Å². The normalized spacial score (nSPS) is 19.8. The number of methoxy groups -OCH3 is 1. The molecule has 0 bridgehead atoms. The highest BCUT2D eigenvalue weighted by atomic mass is 16.5. The SMILES string of the molecule is COc1ccc(C(=O)N2CCC(c3nc(CCOCC4CCCC4)no3)C2)cc1. The average molecular weight is 399 g/mol. The Morgan fingerprint density at radius 1 is 1.21 bits per heavy atom. The van der Waals surface area contributed by atoms with Gasteiger partial charge < -0.3 is 18.9 Å². The van der Waals surface area contributed by atoms with Gasteiger partial charge >= 0.3 is 0 Å². The monoisotopic (exact) mass is 399 g/mol. The van der Waals surface area contributed by atoms with Crippen molar-refractivity contribution in [3.05, 3.63) is 41.5 Å². The lowest BCUT2D eigenvalue weighted by molar-refractivity contribution is 0.0789. The van der Waals surface area contributed by atoms with Crippen LogP contribution in [0.25, 0.3) is 0 Å². The molecule has 2 aromatic rings. The highest BCUT2D eigenvalue weighted by molar-refractivity contribution is 5.94. The van der Waals surface area contributed by atoms with Crippen molar-refractivity contribution in [3.63, 3.8) is 0 Å². The van der Waals surface area contributed by atoms with E-state index in [2.05, 4.69) is 10.1 Å². The van der Waals surface area contributed by atoms with Crippen molar-refractivity contribution in [2.24, 2.45) is 5.92 Å². The van der Waals surface area contributed by atoms with Crippen molar-refractivity contribution in [3.8, 4) is 5.75 Å². The highest BCUT2D eigenvalue weighted by Gasteiger charge is 2.31. The lowest BCUT2D eigenvalue weighted by atomic mass is 10.1. The number of amides is 1. The van der Waals surface area contributed by atoms with Crippen molar-refractivity contribution >= 4 is 5.91 Å². The van der Waals surface area contributed by atoms with Crippen LogP contribution in [-0.4, -0.2) is 54.4 Å². The first-order valence-electron chi connectivity index (χ1n) is 10.6. The van der Waals surface area contributed by atoms with E-state index >= 15 is 0 Å². The van der Waals surface area contributed by atoms with Gasteiger partial charge in [0.05, 0.1) is 19.6 Å². The lowest BCUT2D eigenvalue weighted by Crippen LogP contribution is -2.28. The first-order chi connectivity index (χ1) is 14.2. The molecule has 0 N–H and O–H groups in total. The van der Waals surface area contributed by atoms with Crippen LogP contribution in [0.3, 0.4) is 0 Å². The van der Waals surface area contributed by atoms with Gasteiger partial charge in [0.25, 0.3) is 5.91 Å². The Labute approximate surface area is 171 Å². The maximum Gasteiger partial charge on any atom is 0.253 e. The second-order valence-electron chi connectivity index (χ2n) is 7.99. The molecule has 1 amide bonds. The largest absolute Gasteiger partial charge is 0.497 e. The number of hydrogen-bond acceptors (Lipinski definition) is 6. The summed E-state index contributed by atoms with van der Waals surface area (Å²) in [6.45, 7) is 2.76. The van der Waals surface area contributed by atoms with E-state index in [0.29, 0.717) is 43.4 Å². The molecule has 1 atom stereocenters. The Hall–Kier alpha value is -2.41. The average Bonchev–Trinajstić information content (AvgIpc) is 3.52. The zero-order valence-corrected chi connectivity index (χ0v) is 17.0. The number of rotatable bonds is 8. The maximum absolute atomic E-state index is 12.7. The van der Waals surface area contributed by atoms with Gasteiger partial charge in [0.15, 0.2) is 5.82 Å². The smallest absolute Gasteiger partial charge is 0.253 e. The van der Waals surface area contributed by atoms with Crippen LogP contribution in [0, 0.1) is 5.92 Å². The summed E-state index contributed by atoms with van der Waals surface area (Å²) in [6, 6.07) is 7.20. The standard InChI is InChI=1S/C22H29N3O4/c1-27-19-8-6-17(7-9-19)22(26)25-12-10-18(14-25)21-23-20(24-29-21)11-13-28-15-16-4-2-3-5-16/h6-9,16,18H,2-5,10-15H2,1H3. The van der Waals surface area contributed by atoms with Crippen molar-refractivity contribution in [1.82, 2.24) is 15.0 Å². The molecule has 0 radical (unpaired) electrons. The first kappa shape index (κ1) is 19.9. The van der Waals surface area contributed by atoms with Crippen LogP contribution >= 0.6 is 0 Å². The van der Waals surface area contributed by atoms with Crippen LogP contribution in [0.15, 0.2) is 28.8 Å². The summed E-state index contributed by atoms with van der Waals surface area (Å²) in [4.78, 5) is 19.1. The Morgan fingerprint density at radius 3 is 2.76 bits per heavy atom. The summed E-state index contributed by atoms with van der Waals surface area (Å²) in [5.41, 5.74) is 0.664. The fourth-order valence-corrected chi connectivity index (χ4v) is 4.19. The van der Waals surface area contributed by atoms with Gasteiger partial charge in [-0.1, -0.05) is 18.0 Å². The number of carbonyl (C=O) groups is 1. The molecule has 1 saturated carbocycles. The van der Waals surface area contributed by atoms with Gasteiger partial charge in [-0.05, 0) is 49.4 Å². The minimum absolute atomic E-state index is 0.0233. The molecule has 1 unspecified atom stereocenters. The highest BCUT2D eigenvalue weighted by Crippen LogP contribution is 2.28. The summed E-state index contributed by atoms with van der Waals surface area (Å²) in [7, 11) is 1.61. The second-order valence-corrected chi connectivity index (χ2v) is 7.99. The molecule has 156 valence electrons. The van der Waals surface area contributed by atoms with Crippen molar-refractivity contribution in [1.29, 1.82) is 0 Å². The van der Waals surface area contributed by atoms with Crippen LogP contribution < -0.4 is 4.74 Å². The molecular weight excluding hydrogens is 370 g/mol. The molecule has 1 saturated heterocycles. The van der Waals surface area contributed by atoms with E-state index in [1.807, 2.05) is 4.90 Å². The third-order valence-corrected chi connectivity index (χ3v) is 5.94. The topological polar surface area (TPSA) is 77.7 Å². The molecule has 0 spiro atoms. The number of hydrogen-bond donors (Lipinski definition) is 0. The molecular formula is C22H29N3O4.